The second-order valence-electron chi connectivity index (χ2n) is 5.98. The Bertz CT molecular complexity index is 385. The summed E-state index contributed by atoms with van der Waals surface area (Å²) in [5.74, 6) is -1.07. The summed E-state index contributed by atoms with van der Waals surface area (Å²) in [6, 6.07) is -0.452. The van der Waals surface area contributed by atoms with E-state index in [0.29, 0.717) is 6.54 Å². The maximum atomic E-state index is 12.2. The van der Waals surface area contributed by atoms with E-state index in [1.165, 1.54) is 11.8 Å². The molecule has 0 saturated carbocycles. The van der Waals surface area contributed by atoms with E-state index < -0.39 is 29.2 Å². The van der Waals surface area contributed by atoms with Gasteiger partial charge in [0, 0.05) is 0 Å². The van der Waals surface area contributed by atoms with Gasteiger partial charge in [-0.1, -0.05) is 6.92 Å². The molecule has 1 rings (SSSR count). The van der Waals surface area contributed by atoms with Gasteiger partial charge in [-0.3, -0.25) is 0 Å². The normalized spacial score (nSPS) is 24.9. The molecule has 20 heavy (non-hydrogen) atoms. The maximum Gasteiger partial charge on any atom is 0.329 e. The molecule has 0 aromatic rings. The molecule has 1 saturated heterocycles. The highest BCUT2D eigenvalue weighted by atomic mass is 16.5. The molecule has 1 heterocycles. The number of aliphatic hydroxyl groups excluding tert-OH is 1. The Morgan fingerprint density at radius 2 is 2.10 bits per heavy atom. The van der Waals surface area contributed by atoms with Crippen molar-refractivity contribution in [1.82, 2.24) is 10.2 Å². The number of carboxylic acid groups (broad SMARTS) is 1. The minimum Gasteiger partial charge on any atom is -0.480 e. The van der Waals surface area contributed by atoms with Crippen LogP contribution in [-0.4, -0.2) is 64.1 Å². The molecule has 7 heteroatoms. The lowest BCUT2D eigenvalue weighted by molar-refractivity contribution is -0.145. The first-order valence-electron chi connectivity index (χ1n) is 6.72. The summed E-state index contributed by atoms with van der Waals surface area (Å²) in [6.45, 7) is 7.23. The van der Waals surface area contributed by atoms with Gasteiger partial charge in [-0.05, 0) is 27.2 Å². The summed E-state index contributed by atoms with van der Waals surface area (Å²) in [4.78, 5) is 24.9. The summed E-state index contributed by atoms with van der Waals surface area (Å²) in [6.07, 6.45) is -0.173. The first-order valence-corrected chi connectivity index (χ1v) is 6.72. The summed E-state index contributed by atoms with van der Waals surface area (Å²) < 4.78 is 5.62. The lowest BCUT2D eigenvalue weighted by Gasteiger charge is -2.43. The Morgan fingerprint density at radius 1 is 1.50 bits per heavy atom. The number of hydrogen-bond acceptors (Lipinski definition) is 4. The Hall–Kier alpha value is -1.34. The van der Waals surface area contributed by atoms with E-state index >= 15 is 0 Å². The molecule has 0 aromatic heterocycles. The molecule has 2 unspecified atom stereocenters. The van der Waals surface area contributed by atoms with Crippen LogP contribution in [0.5, 0.6) is 0 Å². The van der Waals surface area contributed by atoms with E-state index in [9.17, 15) is 19.8 Å². The van der Waals surface area contributed by atoms with E-state index in [-0.39, 0.29) is 19.6 Å². The number of aliphatic hydroxyl groups is 1. The van der Waals surface area contributed by atoms with Crippen LogP contribution in [-0.2, 0) is 9.53 Å². The number of ether oxygens (including phenoxy) is 1. The van der Waals surface area contributed by atoms with Crippen molar-refractivity contribution in [1.29, 1.82) is 0 Å². The van der Waals surface area contributed by atoms with Gasteiger partial charge in [0.2, 0.25) is 0 Å². The SMILES string of the molecule is CCC(C)(NC(=O)N1CC(CO)OC(C)(C)C1)C(=O)O. The fourth-order valence-corrected chi connectivity index (χ4v) is 2.15. The zero-order chi connectivity index (χ0) is 15.6. The third-order valence-corrected chi connectivity index (χ3v) is 3.53. The molecule has 0 aliphatic carbocycles. The molecule has 0 aromatic carbocycles. The molecule has 3 N–H and O–H groups in total. The molecule has 2 amide bonds. The lowest BCUT2D eigenvalue weighted by Crippen LogP contribution is -2.62. The molecule has 0 spiro atoms. The quantitative estimate of drug-likeness (QED) is 0.696. The number of rotatable bonds is 4. The number of carbonyl (C=O) groups excluding carboxylic acids is 1. The maximum absolute atomic E-state index is 12.2. The van der Waals surface area contributed by atoms with Crippen LogP contribution in [0, 0.1) is 0 Å². The summed E-state index contributed by atoms with van der Waals surface area (Å²) in [5, 5.41) is 20.9. The van der Waals surface area contributed by atoms with E-state index in [0.717, 1.165) is 0 Å². The predicted molar refractivity (Wildman–Crippen MR) is 72.5 cm³/mol. The highest BCUT2D eigenvalue weighted by molar-refractivity contribution is 5.85. The van der Waals surface area contributed by atoms with Gasteiger partial charge >= 0.3 is 12.0 Å². The minimum absolute atomic E-state index is 0.183. The van der Waals surface area contributed by atoms with Crippen LogP contribution < -0.4 is 5.32 Å². The molecular weight excluding hydrogens is 264 g/mol. The highest BCUT2D eigenvalue weighted by Crippen LogP contribution is 2.21. The van der Waals surface area contributed by atoms with Crippen molar-refractivity contribution in [3.8, 4) is 0 Å². The number of urea groups is 1. The molecule has 1 aliphatic rings. The zero-order valence-electron chi connectivity index (χ0n) is 12.5. The fraction of sp³-hybridized carbons (Fsp3) is 0.846. The fourth-order valence-electron chi connectivity index (χ4n) is 2.15. The number of amides is 2. The predicted octanol–water partition coefficient (Wildman–Crippen LogP) is 0.421. The first kappa shape index (κ1) is 16.7. The van der Waals surface area contributed by atoms with Gasteiger partial charge in [0.15, 0.2) is 0 Å². The van der Waals surface area contributed by atoms with Crippen LogP contribution in [0.1, 0.15) is 34.1 Å². The molecule has 0 bridgehead atoms. The van der Waals surface area contributed by atoms with Crippen LogP contribution in [0.25, 0.3) is 0 Å². The van der Waals surface area contributed by atoms with Crippen molar-refractivity contribution < 1.29 is 24.5 Å². The highest BCUT2D eigenvalue weighted by Gasteiger charge is 2.39. The summed E-state index contributed by atoms with van der Waals surface area (Å²) >= 11 is 0. The lowest BCUT2D eigenvalue weighted by atomic mass is 9.99. The topological polar surface area (TPSA) is 99.1 Å². The van der Waals surface area contributed by atoms with E-state index in [4.69, 9.17) is 4.74 Å². The van der Waals surface area contributed by atoms with E-state index in [1.54, 1.807) is 6.92 Å². The number of carboxylic acids is 1. The summed E-state index contributed by atoms with van der Waals surface area (Å²) in [5.41, 5.74) is -1.87. The van der Waals surface area contributed by atoms with Crippen molar-refractivity contribution in [2.24, 2.45) is 0 Å². The third kappa shape index (κ3) is 3.83. The van der Waals surface area contributed by atoms with E-state index in [2.05, 4.69) is 5.32 Å². The van der Waals surface area contributed by atoms with Crippen molar-refractivity contribution in [3.63, 3.8) is 0 Å². The van der Waals surface area contributed by atoms with Gasteiger partial charge in [0.1, 0.15) is 5.54 Å². The van der Waals surface area contributed by atoms with Gasteiger partial charge in [0.05, 0.1) is 31.4 Å². The largest absolute Gasteiger partial charge is 0.480 e. The molecule has 116 valence electrons. The van der Waals surface area contributed by atoms with Crippen LogP contribution in [0.15, 0.2) is 0 Å². The number of nitrogens with one attached hydrogen (secondary N) is 1. The standard InChI is InChI=1S/C13H24N2O5/c1-5-13(4,10(17)18)14-11(19)15-6-9(7-16)20-12(2,3)8-15/h9,16H,5-8H2,1-4H3,(H,14,19)(H,17,18). The van der Waals surface area contributed by atoms with Crippen LogP contribution in [0.3, 0.4) is 0 Å². The van der Waals surface area contributed by atoms with Gasteiger partial charge in [-0.25, -0.2) is 9.59 Å². The molecule has 0 radical (unpaired) electrons. The van der Waals surface area contributed by atoms with Gasteiger partial charge in [0.25, 0.3) is 0 Å². The smallest absolute Gasteiger partial charge is 0.329 e. The monoisotopic (exact) mass is 288 g/mol. The van der Waals surface area contributed by atoms with Crippen molar-refractivity contribution in [3.05, 3.63) is 0 Å². The van der Waals surface area contributed by atoms with E-state index in [1.807, 2.05) is 13.8 Å². The second-order valence-corrected chi connectivity index (χ2v) is 5.98. The average Bonchev–Trinajstić information content (AvgIpc) is 2.36. The Kier molecular flexibility index (Phi) is 4.99. The number of aliphatic carboxylic acids is 1. The Balaban J connectivity index is 2.78. The third-order valence-electron chi connectivity index (χ3n) is 3.53. The van der Waals surface area contributed by atoms with Gasteiger partial charge in [-0.2, -0.15) is 0 Å². The Morgan fingerprint density at radius 3 is 2.55 bits per heavy atom. The zero-order valence-corrected chi connectivity index (χ0v) is 12.5. The van der Waals surface area contributed by atoms with Crippen LogP contribution in [0.2, 0.25) is 0 Å². The first-order chi connectivity index (χ1) is 9.13. The number of carbonyl (C=O) groups is 2. The second kappa shape index (κ2) is 5.97. The van der Waals surface area contributed by atoms with Crippen molar-refractivity contribution in [2.45, 2.75) is 51.4 Å². The molecule has 2 atom stereocenters. The van der Waals surface area contributed by atoms with Crippen molar-refractivity contribution in [2.75, 3.05) is 19.7 Å². The van der Waals surface area contributed by atoms with Crippen LogP contribution in [0.4, 0.5) is 4.79 Å². The van der Waals surface area contributed by atoms with Gasteiger partial charge in [-0.15, -0.1) is 0 Å². The van der Waals surface area contributed by atoms with Crippen LogP contribution >= 0.6 is 0 Å². The number of morpholine rings is 1. The average molecular weight is 288 g/mol. The molecular formula is C13H24N2O5. The minimum atomic E-state index is -1.30. The summed E-state index contributed by atoms with van der Waals surface area (Å²) in [7, 11) is 0. The molecule has 1 fully saturated rings. The number of hydrogen-bond donors (Lipinski definition) is 3. The molecule has 1 aliphatic heterocycles. The number of nitrogens with zero attached hydrogens (tertiary/aromatic N) is 1. The van der Waals surface area contributed by atoms with Crippen molar-refractivity contribution >= 4 is 12.0 Å². The Labute approximate surface area is 118 Å². The van der Waals surface area contributed by atoms with Gasteiger partial charge < -0.3 is 25.2 Å². The molecule has 7 nitrogen and oxygen atoms in total.